The Kier molecular flexibility index (Phi) is 4.26. The molecule has 1 heterocycles. The van der Waals surface area contributed by atoms with Crippen LogP contribution in [0.5, 0.6) is 0 Å². The summed E-state index contributed by atoms with van der Waals surface area (Å²) in [5.74, 6) is 0.998. The van der Waals surface area contributed by atoms with Crippen LogP contribution in [-0.2, 0) is 0 Å². The lowest BCUT2D eigenvalue weighted by molar-refractivity contribution is -1.03. The second-order valence-electron chi connectivity index (χ2n) is 6.43. The van der Waals surface area contributed by atoms with Gasteiger partial charge in [-0.2, -0.15) is 0 Å². The van der Waals surface area contributed by atoms with Crippen LogP contribution >= 0.6 is 0 Å². The van der Waals surface area contributed by atoms with Gasteiger partial charge in [-0.15, -0.1) is 0 Å². The molecule has 1 saturated carbocycles. The summed E-state index contributed by atoms with van der Waals surface area (Å²) in [6.45, 7) is 12.8. The van der Waals surface area contributed by atoms with Gasteiger partial charge in [0.2, 0.25) is 0 Å². The highest BCUT2D eigenvalue weighted by molar-refractivity contribution is 4.69. The SMILES string of the molecule is CC1CCC([NH+]2CC[NH+](C(C)C)CC2)CC1. The van der Waals surface area contributed by atoms with E-state index in [1.165, 1.54) is 51.9 Å². The molecule has 0 radical (unpaired) electrons. The number of quaternary nitrogens is 2. The molecule has 0 aromatic rings. The van der Waals surface area contributed by atoms with Gasteiger partial charge in [0.05, 0.1) is 12.1 Å². The van der Waals surface area contributed by atoms with Crippen molar-refractivity contribution in [2.75, 3.05) is 26.2 Å². The van der Waals surface area contributed by atoms with Crippen molar-refractivity contribution < 1.29 is 9.80 Å². The van der Waals surface area contributed by atoms with Gasteiger partial charge in [0, 0.05) is 0 Å². The second kappa shape index (κ2) is 5.50. The van der Waals surface area contributed by atoms with E-state index in [1.54, 1.807) is 0 Å². The Balaban J connectivity index is 1.76. The first kappa shape index (κ1) is 12.4. The molecule has 1 saturated heterocycles. The van der Waals surface area contributed by atoms with Crippen LogP contribution in [0.3, 0.4) is 0 Å². The fraction of sp³-hybridized carbons (Fsp3) is 1.00. The Hall–Kier alpha value is -0.0800. The summed E-state index contributed by atoms with van der Waals surface area (Å²) in [4.78, 5) is 3.75. The summed E-state index contributed by atoms with van der Waals surface area (Å²) in [6.07, 6.45) is 5.95. The zero-order chi connectivity index (χ0) is 11.5. The maximum absolute atomic E-state index is 2.42. The summed E-state index contributed by atoms with van der Waals surface area (Å²) in [5, 5.41) is 0. The van der Waals surface area contributed by atoms with E-state index in [0.29, 0.717) is 0 Å². The first-order valence-electron chi connectivity index (χ1n) is 7.36. The molecule has 0 bridgehead atoms. The third-order valence-electron chi connectivity index (χ3n) is 4.94. The van der Waals surface area contributed by atoms with Crippen molar-refractivity contribution in [3.8, 4) is 0 Å². The highest BCUT2D eigenvalue weighted by Crippen LogP contribution is 2.21. The predicted octanol–water partition coefficient (Wildman–Crippen LogP) is -0.243. The molecule has 2 nitrogen and oxygen atoms in total. The highest BCUT2D eigenvalue weighted by Gasteiger charge is 2.32. The second-order valence-corrected chi connectivity index (χ2v) is 6.43. The lowest BCUT2D eigenvalue weighted by atomic mass is 9.86. The van der Waals surface area contributed by atoms with Gasteiger partial charge in [-0.25, -0.2) is 0 Å². The largest absolute Gasteiger partial charge is 0.324 e. The zero-order valence-corrected chi connectivity index (χ0v) is 11.4. The zero-order valence-electron chi connectivity index (χ0n) is 11.4. The smallest absolute Gasteiger partial charge is 0.127 e. The average Bonchev–Trinajstić information content (AvgIpc) is 2.30. The van der Waals surface area contributed by atoms with Crippen molar-refractivity contribution in [1.82, 2.24) is 0 Å². The van der Waals surface area contributed by atoms with Gasteiger partial charge in [0.1, 0.15) is 26.2 Å². The molecule has 0 aromatic heterocycles. The average molecular weight is 226 g/mol. The summed E-state index contributed by atoms with van der Waals surface area (Å²) in [5.41, 5.74) is 0. The van der Waals surface area contributed by atoms with E-state index in [9.17, 15) is 0 Å². The van der Waals surface area contributed by atoms with Crippen LogP contribution in [0.2, 0.25) is 0 Å². The molecule has 2 aliphatic rings. The van der Waals surface area contributed by atoms with Crippen molar-refractivity contribution >= 4 is 0 Å². The van der Waals surface area contributed by atoms with E-state index >= 15 is 0 Å². The lowest BCUT2D eigenvalue weighted by Crippen LogP contribution is -3.30. The van der Waals surface area contributed by atoms with Crippen LogP contribution in [-0.4, -0.2) is 38.3 Å². The quantitative estimate of drug-likeness (QED) is 0.643. The van der Waals surface area contributed by atoms with Crippen LogP contribution in [0.25, 0.3) is 0 Å². The summed E-state index contributed by atoms with van der Waals surface area (Å²) in [7, 11) is 0. The minimum atomic E-state index is 0.827. The van der Waals surface area contributed by atoms with E-state index in [0.717, 1.165) is 18.0 Å². The third-order valence-corrected chi connectivity index (χ3v) is 4.94. The van der Waals surface area contributed by atoms with Gasteiger partial charge in [-0.05, 0) is 45.4 Å². The minimum absolute atomic E-state index is 0.827. The molecule has 1 aliphatic carbocycles. The molecule has 0 amide bonds. The first-order chi connectivity index (χ1) is 7.66. The van der Waals surface area contributed by atoms with Gasteiger partial charge in [0.15, 0.2) is 0 Å². The molecular weight excluding hydrogens is 196 g/mol. The van der Waals surface area contributed by atoms with Crippen molar-refractivity contribution in [2.45, 2.75) is 58.5 Å². The van der Waals surface area contributed by atoms with Crippen molar-refractivity contribution in [3.05, 3.63) is 0 Å². The maximum atomic E-state index is 2.42. The molecule has 2 N–H and O–H groups in total. The standard InChI is InChI=1S/C14H28N2/c1-12(2)15-8-10-16(11-9-15)14-6-4-13(3)5-7-14/h12-14H,4-11H2,1-3H3/p+2. The number of hydrogen-bond donors (Lipinski definition) is 2. The van der Waals surface area contributed by atoms with Gasteiger partial charge in [0.25, 0.3) is 0 Å². The molecule has 2 rings (SSSR count). The normalized spacial score (nSPS) is 41.2. The monoisotopic (exact) mass is 226 g/mol. The third kappa shape index (κ3) is 2.98. The van der Waals surface area contributed by atoms with Gasteiger partial charge in [-0.3, -0.25) is 0 Å². The fourth-order valence-corrected chi connectivity index (χ4v) is 3.55. The Bertz CT molecular complexity index is 199. The lowest BCUT2D eigenvalue weighted by Gasteiger charge is -2.38. The van der Waals surface area contributed by atoms with Crippen LogP contribution in [0.4, 0.5) is 0 Å². The Morgan fingerprint density at radius 2 is 1.44 bits per heavy atom. The van der Waals surface area contributed by atoms with Crippen molar-refractivity contribution in [2.24, 2.45) is 5.92 Å². The highest BCUT2D eigenvalue weighted by atomic mass is 15.3. The minimum Gasteiger partial charge on any atom is -0.324 e. The molecule has 0 aromatic carbocycles. The predicted molar refractivity (Wildman–Crippen MR) is 67.9 cm³/mol. The summed E-state index contributed by atoms with van der Waals surface area (Å²) >= 11 is 0. The number of nitrogens with one attached hydrogen (secondary N) is 2. The molecule has 94 valence electrons. The molecule has 0 unspecified atom stereocenters. The van der Waals surface area contributed by atoms with E-state index in [4.69, 9.17) is 0 Å². The van der Waals surface area contributed by atoms with E-state index in [2.05, 4.69) is 20.8 Å². The van der Waals surface area contributed by atoms with Crippen molar-refractivity contribution in [1.29, 1.82) is 0 Å². The Labute approximate surface area is 101 Å². The Morgan fingerprint density at radius 1 is 0.875 bits per heavy atom. The Morgan fingerprint density at radius 3 is 1.94 bits per heavy atom. The molecule has 1 aliphatic heterocycles. The first-order valence-corrected chi connectivity index (χ1v) is 7.36. The molecule has 16 heavy (non-hydrogen) atoms. The topological polar surface area (TPSA) is 8.88 Å². The van der Waals surface area contributed by atoms with Crippen LogP contribution in [0, 0.1) is 5.92 Å². The molecule has 2 fully saturated rings. The van der Waals surface area contributed by atoms with E-state index < -0.39 is 0 Å². The van der Waals surface area contributed by atoms with Crippen LogP contribution < -0.4 is 9.80 Å². The number of hydrogen-bond acceptors (Lipinski definition) is 0. The number of rotatable bonds is 2. The van der Waals surface area contributed by atoms with E-state index in [-0.39, 0.29) is 0 Å². The van der Waals surface area contributed by atoms with Gasteiger partial charge >= 0.3 is 0 Å². The fourth-order valence-electron chi connectivity index (χ4n) is 3.55. The van der Waals surface area contributed by atoms with Crippen molar-refractivity contribution in [3.63, 3.8) is 0 Å². The van der Waals surface area contributed by atoms with Crippen LogP contribution in [0.1, 0.15) is 46.5 Å². The van der Waals surface area contributed by atoms with Gasteiger partial charge < -0.3 is 9.80 Å². The maximum Gasteiger partial charge on any atom is 0.127 e. The van der Waals surface area contributed by atoms with Crippen LogP contribution in [0.15, 0.2) is 0 Å². The summed E-state index contributed by atoms with van der Waals surface area (Å²) in [6, 6.07) is 1.83. The molecule has 2 heteroatoms. The molecular formula is C14H30N2+2. The van der Waals surface area contributed by atoms with E-state index in [1.807, 2.05) is 9.80 Å². The summed E-state index contributed by atoms with van der Waals surface area (Å²) < 4.78 is 0. The van der Waals surface area contributed by atoms with Gasteiger partial charge in [-0.1, -0.05) is 6.92 Å². The number of piperazine rings is 1. The molecule has 0 spiro atoms. The molecule has 0 atom stereocenters.